The average Bonchev–Trinajstić information content (AvgIpc) is 2.88. The number of hydrogen-bond donors (Lipinski definition) is 1. The lowest BCUT2D eigenvalue weighted by Gasteiger charge is -2.11. The molecule has 0 spiro atoms. The van der Waals surface area contributed by atoms with E-state index in [1.165, 1.54) is 0 Å². The summed E-state index contributed by atoms with van der Waals surface area (Å²) in [6.07, 6.45) is 0.833. The van der Waals surface area contributed by atoms with E-state index in [2.05, 4.69) is 16.0 Å². The minimum absolute atomic E-state index is 0.0000624. The third-order valence-corrected chi connectivity index (χ3v) is 5.93. The number of hydrogen-bond acceptors (Lipinski definition) is 3. The molecule has 3 aromatic carbocycles. The molecule has 1 aliphatic rings. The summed E-state index contributed by atoms with van der Waals surface area (Å²) < 4.78 is 8.28. The van der Waals surface area contributed by atoms with E-state index >= 15 is 0 Å². The van der Waals surface area contributed by atoms with Crippen LogP contribution >= 0.6 is 11.6 Å². The molecule has 1 aliphatic heterocycles. The Morgan fingerprint density at radius 3 is 2.59 bits per heavy atom. The number of para-hydroxylation sites is 1. The number of halogens is 1. The second kappa shape index (κ2) is 7.54. The molecule has 5 rings (SSSR count). The lowest BCUT2D eigenvalue weighted by Crippen LogP contribution is -2.17. The number of ether oxygens (including phenoxy) is 1. The van der Waals surface area contributed by atoms with Crippen LogP contribution in [0.25, 0.3) is 21.7 Å². The summed E-state index contributed by atoms with van der Waals surface area (Å²) in [6.45, 7) is 2.65. The quantitative estimate of drug-likeness (QED) is 0.494. The van der Waals surface area contributed by atoms with Crippen molar-refractivity contribution in [2.24, 2.45) is 0 Å². The Morgan fingerprint density at radius 2 is 1.72 bits per heavy atom. The van der Waals surface area contributed by atoms with Crippen molar-refractivity contribution >= 4 is 39.1 Å². The summed E-state index contributed by atoms with van der Waals surface area (Å²) >= 11 is 6.30. The van der Waals surface area contributed by atoms with Gasteiger partial charge in [0.15, 0.2) is 6.61 Å². The molecule has 0 fully saturated rings. The average molecular weight is 405 g/mol. The molecule has 0 aliphatic carbocycles. The van der Waals surface area contributed by atoms with Crippen molar-refractivity contribution < 1.29 is 9.53 Å². The number of aromatic nitrogens is 1. The minimum atomic E-state index is 0.0000624. The largest absolute Gasteiger partial charge is 0.485 e. The maximum Gasteiger partial charge on any atom is 0.202 e. The minimum Gasteiger partial charge on any atom is -0.485 e. The van der Waals surface area contributed by atoms with Gasteiger partial charge in [-0.05, 0) is 18.2 Å². The number of benzene rings is 3. The number of ketones is 1. The molecule has 0 bridgehead atoms. The first-order valence-electron chi connectivity index (χ1n) is 9.88. The number of carbonyl (C=O) groups is 1. The number of carbonyl (C=O) groups excluding carboxylic acids is 1. The van der Waals surface area contributed by atoms with Crippen LogP contribution in [0, 0.1) is 0 Å². The van der Waals surface area contributed by atoms with E-state index in [9.17, 15) is 4.79 Å². The van der Waals surface area contributed by atoms with Crippen LogP contribution < -0.4 is 10.1 Å². The highest BCUT2D eigenvalue weighted by molar-refractivity contribution is 6.35. The molecule has 0 saturated carbocycles. The first-order chi connectivity index (χ1) is 14.2. The van der Waals surface area contributed by atoms with E-state index in [0.29, 0.717) is 10.8 Å². The summed E-state index contributed by atoms with van der Waals surface area (Å²) in [5.74, 6) is 0.686. The van der Waals surface area contributed by atoms with E-state index in [4.69, 9.17) is 16.3 Å². The van der Waals surface area contributed by atoms with Crippen LogP contribution in [-0.2, 0) is 13.0 Å². The fraction of sp³-hybridized carbons (Fsp3) is 0.208. The topological polar surface area (TPSA) is 43.3 Å². The van der Waals surface area contributed by atoms with Crippen LogP contribution in [0.4, 0.5) is 0 Å². The highest BCUT2D eigenvalue weighted by Crippen LogP contribution is 2.32. The van der Waals surface area contributed by atoms with Crippen molar-refractivity contribution in [1.82, 2.24) is 9.88 Å². The van der Waals surface area contributed by atoms with Gasteiger partial charge in [0, 0.05) is 58.4 Å². The predicted octanol–water partition coefficient (Wildman–Crippen LogP) is 4.86. The lowest BCUT2D eigenvalue weighted by atomic mass is 10.0. The summed E-state index contributed by atoms with van der Waals surface area (Å²) in [7, 11) is 0. The molecule has 146 valence electrons. The van der Waals surface area contributed by atoms with Gasteiger partial charge in [-0.25, -0.2) is 0 Å². The summed E-state index contributed by atoms with van der Waals surface area (Å²) in [5, 5.41) is 6.95. The smallest absolute Gasteiger partial charge is 0.202 e. The van der Waals surface area contributed by atoms with Gasteiger partial charge in [-0.1, -0.05) is 54.1 Å². The van der Waals surface area contributed by atoms with Crippen LogP contribution in [-0.4, -0.2) is 30.0 Å². The third-order valence-electron chi connectivity index (χ3n) is 5.60. The molecule has 0 radical (unpaired) electrons. The molecule has 0 atom stereocenters. The van der Waals surface area contributed by atoms with Gasteiger partial charge in [0.1, 0.15) is 5.75 Å². The molecule has 4 aromatic rings. The molecule has 0 amide bonds. The first kappa shape index (κ1) is 18.2. The van der Waals surface area contributed by atoms with Crippen molar-refractivity contribution in [1.29, 1.82) is 0 Å². The summed E-state index contributed by atoms with van der Waals surface area (Å²) in [6, 6.07) is 19.6. The fourth-order valence-electron chi connectivity index (χ4n) is 4.28. The standard InChI is InChI=1S/C24H21ClN2O2/c25-19-9-10-23(17-6-2-1-5-16(17)19)29-15-22(28)24-18-7-3-4-8-20(18)27-14-13-26-12-11-21(24)27/h1-10,26H,11-15H2. The zero-order valence-electron chi connectivity index (χ0n) is 16.0. The van der Waals surface area contributed by atoms with Gasteiger partial charge in [-0.3, -0.25) is 4.79 Å². The Morgan fingerprint density at radius 1 is 0.966 bits per heavy atom. The summed E-state index contributed by atoms with van der Waals surface area (Å²) in [5.41, 5.74) is 3.01. The molecule has 5 heteroatoms. The maximum absolute atomic E-state index is 13.3. The number of fused-ring (bicyclic) bond motifs is 4. The van der Waals surface area contributed by atoms with Crippen molar-refractivity contribution in [3.05, 3.63) is 76.9 Å². The SMILES string of the molecule is O=C(COc1ccc(Cl)c2ccccc12)c1c2n(c3ccccc13)CCNCC2. The predicted molar refractivity (Wildman–Crippen MR) is 117 cm³/mol. The molecule has 0 saturated heterocycles. The van der Waals surface area contributed by atoms with E-state index < -0.39 is 0 Å². The van der Waals surface area contributed by atoms with Gasteiger partial charge in [-0.15, -0.1) is 0 Å². The molecule has 1 aromatic heterocycles. The molecule has 4 nitrogen and oxygen atoms in total. The molecule has 2 heterocycles. The van der Waals surface area contributed by atoms with Crippen molar-refractivity contribution in [2.75, 3.05) is 19.7 Å². The van der Waals surface area contributed by atoms with Crippen molar-refractivity contribution in [3.63, 3.8) is 0 Å². The summed E-state index contributed by atoms with van der Waals surface area (Å²) in [4.78, 5) is 13.3. The van der Waals surface area contributed by atoms with Gasteiger partial charge in [-0.2, -0.15) is 0 Å². The zero-order chi connectivity index (χ0) is 19.8. The molecule has 1 N–H and O–H groups in total. The molecule has 29 heavy (non-hydrogen) atoms. The normalized spacial score (nSPS) is 14.0. The van der Waals surface area contributed by atoms with Gasteiger partial charge >= 0.3 is 0 Å². The van der Waals surface area contributed by atoms with Crippen LogP contribution in [0.15, 0.2) is 60.7 Å². The van der Waals surface area contributed by atoms with E-state index in [1.54, 1.807) is 0 Å². The Hall–Kier alpha value is -2.82. The Balaban J connectivity index is 1.50. The second-order valence-electron chi connectivity index (χ2n) is 7.29. The highest BCUT2D eigenvalue weighted by atomic mass is 35.5. The Bertz CT molecular complexity index is 1230. The number of rotatable bonds is 4. The highest BCUT2D eigenvalue weighted by Gasteiger charge is 2.23. The van der Waals surface area contributed by atoms with Crippen LogP contribution in [0.1, 0.15) is 16.1 Å². The van der Waals surface area contributed by atoms with Gasteiger partial charge in [0.05, 0.1) is 5.56 Å². The number of nitrogens with zero attached hydrogens (tertiary/aromatic N) is 1. The van der Waals surface area contributed by atoms with E-state index in [1.807, 2.05) is 54.6 Å². The number of Topliss-reactive ketones (excluding diaryl/α,β-unsaturated/α-hetero) is 1. The Kier molecular flexibility index (Phi) is 4.74. The van der Waals surface area contributed by atoms with Gasteiger partial charge < -0.3 is 14.6 Å². The van der Waals surface area contributed by atoms with Crippen molar-refractivity contribution in [2.45, 2.75) is 13.0 Å². The van der Waals surface area contributed by atoms with Crippen LogP contribution in [0.5, 0.6) is 5.75 Å². The van der Waals surface area contributed by atoms with Gasteiger partial charge in [0.2, 0.25) is 5.78 Å². The third kappa shape index (κ3) is 3.18. The molecule has 0 unspecified atom stereocenters. The van der Waals surface area contributed by atoms with E-state index in [0.717, 1.165) is 59.0 Å². The molecular weight excluding hydrogens is 384 g/mol. The van der Waals surface area contributed by atoms with Crippen molar-refractivity contribution in [3.8, 4) is 5.75 Å². The monoisotopic (exact) mass is 404 g/mol. The fourth-order valence-corrected chi connectivity index (χ4v) is 4.51. The molecular formula is C24H21ClN2O2. The van der Waals surface area contributed by atoms with Crippen LogP contribution in [0.3, 0.4) is 0 Å². The lowest BCUT2D eigenvalue weighted by molar-refractivity contribution is 0.0923. The number of nitrogens with one attached hydrogen (secondary N) is 1. The van der Waals surface area contributed by atoms with Crippen LogP contribution in [0.2, 0.25) is 5.02 Å². The van der Waals surface area contributed by atoms with Gasteiger partial charge in [0.25, 0.3) is 0 Å². The maximum atomic E-state index is 13.3. The second-order valence-corrected chi connectivity index (χ2v) is 7.70. The van der Waals surface area contributed by atoms with E-state index in [-0.39, 0.29) is 12.4 Å². The first-order valence-corrected chi connectivity index (χ1v) is 10.3. The zero-order valence-corrected chi connectivity index (χ0v) is 16.7. The Labute approximate surface area is 174 Å².